The lowest BCUT2D eigenvalue weighted by molar-refractivity contribution is 0.0693. The summed E-state index contributed by atoms with van der Waals surface area (Å²) in [6.07, 6.45) is 3.77. The van der Waals surface area contributed by atoms with Gasteiger partial charge in [-0.2, -0.15) is 0 Å². The molecule has 168 valence electrons. The van der Waals surface area contributed by atoms with Crippen LogP contribution in [-0.2, 0) is 16.4 Å². The Kier molecular flexibility index (Phi) is 5.04. The molecule has 0 spiro atoms. The number of carbonyl (C=O) groups is 1. The van der Waals surface area contributed by atoms with Crippen molar-refractivity contribution in [2.45, 2.75) is 51.3 Å². The van der Waals surface area contributed by atoms with Crippen molar-refractivity contribution in [3.8, 4) is 0 Å². The molecule has 1 saturated heterocycles. The summed E-state index contributed by atoms with van der Waals surface area (Å²) in [7, 11) is -3.87. The number of piperidine rings is 1. The highest BCUT2D eigenvalue weighted by atomic mass is 32.2. The van der Waals surface area contributed by atoms with Crippen molar-refractivity contribution >= 4 is 32.6 Å². The maximum atomic E-state index is 13.9. The molecule has 0 atom stereocenters. The molecular weight excluding hydrogens is 424 g/mol. The first-order valence-corrected chi connectivity index (χ1v) is 12.7. The van der Waals surface area contributed by atoms with Crippen molar-refractivity contribution < 1.29 is 17.6 Å². The van der Waals surface area contributed by atoms with Crippen LogP contribution in [0, 0.1) is 20.8 Å². The van der Waals surface area contributed by atoms with Gasteiger partial charge in [-0.15, -0.1) is 0 Å². The molecule has 1 amide bonds. The van der Waals surface area contributed by atoms with E-state index in [1.807, 2.05) is 56.0 Å². The van der Waals surface area contributed by atoms with E-state index in [2.05, 4.69) is 0 Å². The van der Waals surface area contributed by atoms with E-state index in [1.54, 1.807) is 0 Å². The lowest BCUT2D eigenvalue weighted by Gasteiger charge is -2.25. The van der Waals surface area contributed by atoms with Gasteiger partial charge in [0, 0.05) is 30.6 Å². The Balaban J connectivity index is 1.68. The monoisotopic (exact) mass is 452 g/mol. The highest BCUT2D eigenvalue weighted by molar-refractivity contribution is 7.93. The average molecular weight is 453 g/mol. The maximum absolute atomic E-state index is 13.9. The number of para-hydroxylation sites is 1. The first-order chi connectivity index (χ1) is 15.3. The molecule has 3 heterocycles. The fraction of sp³-hybridized carbons (Fsp3) is 0.400. The first-order valence-electron chi connectivity index (χ1n) is 11.2. The highest BCUT2D eigenvalue weighted by Crippen LogP contribution is 2.40. The van der Waals surface area contributed by atoms with Crippen molar-refractivity contribution in [3.05, 3.63) is 58.3 Å². The Morgan fingerprint density at radius 1 is 0.969 bits per heavy atom. The zero-order valence-electron chi connectivity index (χ0n) is 18.8. The number of hydrogen-bond acceptors (Lipinski definition) is 4. The topological polar surface area (TPSA) is 70.8 Å². The van der Waals surface area contributed by atoms with Crippen LogP contribution in [-0.4, -0.2) is 38.9 Å². The van der Waals surface area contributed by atoms with E-state index in [1.165, 1.54) is 4.31 Å². The third kappa shape index (κ3) is 3.13. The zero-order valence-corrected chi connectivity index (χ0v) is 19.6. The van der Waals surface area contributed by atoms with E-state index >= 15 is 0 Å². The summed E-state index contributed by atoms with van der Waals surface area (Å²) in [6.45, 7) is 7.39. The summed E-state index contributed by atoms with van der Waals surface area (Å²) in [4.78, 5) is 15.2. The fourth-order valence-corrected chi connectivity index (χ4v) is 6.89. The van der Waals surface area contributed by atoms with Crippen molar-refractivity contribution in [1.82, 2.24) is 4.90 Å². The van der Waals surface area contributed by atoms with Gasteiger partial charge in [-0.05, 0) is 75.3 Å². The van der Waals surface area contributed by atoms with E-state index in [4.69, 9.17) is 4.42 Å². The van der Waals surface area contributed by atoms with Gasteiger partial charge in [0.2, 0.25) is 0 Å². The van der Waals surface area contributed by atoms with Crippen molar-refractivity contribution in [2.75, 3.05) is 23.9 Å². The Morgan fingerprint density at radius 2 is 1.69 bits per heavy atom. The van der Waals surface area contributed by atoms with Crippen LogP contribution in [0.1, 0.15) is 52.1 Å². The summed E-state index contributed by atoms with van der Waals surface area (Å²) in [5.74, 6) is 0.105. The largest absolute Gasteiger partial charge is 0.449 e. The number of amides is 1. The van der Waals surface area contributed by atoms with Gasteiger partial charge in [-0.1, -0.05) is 18.2 Å². The van der Waals surface area contributed by atoms with E-state index in [0.29, 0.717) is 42.6 Å². The molecule has 0 N–H and O–H groups in total. The number of nitrogens with zero attached hydrogens (tertiary/aromatic N) is 2. The minimum absolute atomic E-state index is 0.149. The molecule has 7 heteroatoms. The number of carbonyl (C=O) groups excluding carboxylic acids is 1. The summed E-state index contributed by atoms with van der Waals surface area (Å²) in [5, 5.41) is 0.694. The third-order valence-corrected chi connectivity index (χ3v) is 8.89. The number of rotatable bonds is 3. The van der Waals surface area contributed by atoms with E-state index in [9.17, 15) is 13.2 Å². The second-order valence-corrected chi connectivity index (χ2v) is 10.7. The molecule has 1 aromatic heterocycles. The van der Waals surface area contributed by atoms with Crippen LogP contribution in [0.3, 0.4) is 0 Å². The normalized spacial score (nSPS) is 16.6. The van der Waals surface area contributed by atoms with Crippen LogP contribution < -0.4 is 4.31 Å². The molecule has 1 fully saturated rings. The molecule has 0 unspecified atom stereocenters. The number of furan rings is 1. The van der Waals surface area contributed by atoms with Gasteiger partial charge in [0.1, 0.15) is 4.90 Å². The van der Waals surface area contributed by atoms with E-state index < -0.39 is 10.0 Å². The Hall–Kier alpha value is -2.80. The van der Waals surface area contributed by atoms with E-state index in [0.717, 1.165) is 36.1 Å². The van der Waals surface area contributed by atoms with Gasteiger partial charge in [-0.3, -0.25) is 9.10 Å². The van der Waals surface area contributed by atoms with Gasteiger partial charge in [-0.25, -0.2) is 8.42 Å². The highest BCUT2D eigenvalue weighted by Gasteiger charge is 2.36. The smallest absolute Gasteiger partial charge is 0.289 e. The average Bonchev–Trinajstić information content (AvgIpc) is 3.36. The minimum Gasteiger partial charge on any atom is -0.449 e. The van der Waals surface area contributed by atoms with Gasteiger partial charge >= 0.3 is 0 Å². The van der Waals surface area contributed by atoms with Crippen LogP contribution in [0.4, 0.5) is 5.69 Å². The second-order valence-electron chi connectivity index (χ2n) is 8.89. The number of aryl methyl sites for hydroxylation is 2. The molecule has 2 aliphatic rings. The van der Waals surface area contributed by atoms with Crippen molar-refractivity contribution in [3.63, 3.8) is 0 Å². The maximum Gasteiger partial charge on any atom is 0.289 e. The van der Waals surface area contributed by atoms with Crippen LogP contribution in [0.2, 0.25) is 0 Å². The first kappa shape index (κ1) is 21.1. The van der Waals surface area contributed by atoms with Gasteiger partial charge in [0.25, 0.3) is 15.9 Å². The molecule has 6 nitrogen and oxygen atoms in total. The molecule has 0 bridgehead atoms. The van der Waals surface area contributed by atoms with Crippen LogP contribution in [0.25, 0.3) is 11.0 Å². The molecule has 32 heavy (non-hydrogen) atoms. The SMILES string of the molecule is Cc1cc2c(C)c(C(=O)N3CCCCC3)oc2c(S(=O)(=O)N2CCc3ccccc32)c1C. The Morgan fingerprint density at radius 3 is 2.44 bits per heavy atom. The summed E-state index contributed by atoms with van der Waals surface area (Å²) >= 11 is 0. The quantitative estimate of drug-likeness (QED) is 0.576. The number of hydrogen-bond donors (Lipinski definition) is 0. The summed E-state index contributed by atoms with van der Waals surface area (Å²) in [5.41, 5.74) is 4.26. The second kappa shape index (κ2) is 7.66. The van der Waals surface area contributed by atoms with Gasteiger partial charge in [0.05, 0.1) is 5.69 Å². The molecule has 0 saturated carbocycles. The van der Waals surface area contributed by atoms with Crippen LogP contribution in [0.15, 0.2) is 39.6 Å². The Bertz CT molecular complexity index is 1330. The third-order valence-electron chi connectivity index (χ3n) is 6.92. The lowest BCUT2D eigenvalue weighted by Crippen LogP contribution is -2.35. The van der Waals surface area contributed by atoms with Crippen LogP contribution >= 0.6 is 0 Å². The van der Waals surface area contributed by atoms with Crippen molar-refractivity contribution in [1.29, 1.82) is 0 Å². The predicted octanol–water partition coefficient (Wildman–Crippen LogP) is 4.74. The molecule has 0 aliphatic carbocycles. The number of fused-ring (bicyclic) bond motifs is 2. The molecule has 5 rings (SSSR count). The van der Waals surface area contributed by atoms with E-state index in [-0.39, 0.29) is 22.1 Å². The lowest BCUT2D eigenvalue weighted by atomic mass is 10.0. The standard InChI is InChI=1S/C25H28N2O4S/c1-16-15-20-18(3)22(25(28)26-12-7-4-8-13-26)31-23(20)24(17(16)2)32(29,30)27-14-11-19-9-5-6-10-21(19)27/h5-6,9-10,15H,4,7-8,11-14H2,1-3H3. The van der Waals surface area contributed by atoms with Crippen LogP contribution in [0.5, 0.6) is 0 Å². The number of benzene rings is 2. The fourth-order valence-electron chi connectivity index (χ4n) is 4.97. The molecule has 0 radical (unpaired) electrons. The molecule has 3 aromatic rings. The van der Waals surface area contributed by atoms with Gasteiger partial charge < -0.3 is 9.32 Å². The molecule has 2 aliphatic heterocycles. The molecule has 2 aromatic carbocycles. The number of likely N-dealkylation sites (tertiary alicyclic amines) is 1. The molecular formula is C25H28N2O4S. The van der Waals surface area contributed by atoms with Crippen molar-refractivity contribution in [2.24, 2.45) is 0 Å². The Labute approximate surface area is 188 Å². The predicted molar refractivity (Wildman–Crippen MR) is 125 cm³/mol. The zero-order chi connectivity index (χ0) is 22.6. The number of anilines is 1. The summed E-state index contributed by atoms with van der Waals surface area (Å²) < 4.78 is 35.5. The van der Waals surface area contributed by atoms with Gasteiger partial charge in [0.15, 0.2) is 11.3 Å². The summed E-state index contributed by atoms with van der Waals surface area (Å²) in [6, 6.07) is 9.54. The number of sulfonamides is 1. The minimum atomic E-state index is -3.87.